The second kappa shape index (κ2) is 8.61. The summed E-state index contributed by atoms with van der Waals surface area (Å²) in [5, 5.41) is 0. The smallest absolute Gasteiger partial charge is 0.259 e. The maximum Gasteiger partial charge on any atom is 0.259 e. The molecule has 0 atom stereocenters. The summed E-state index contributed by atoms with van der Waals surface area (Å²) in [6.45, 7) is 2.25. The average Bonchev–Trinajstić information content (AvgIpc) is 2.97. The van der Waals surface area contributed by atoms with Crippen LogP contribution in [0.5, 0.6) is 11.5 Å². The highest BCUT2D eigenvalue weighted by Crippen LogP contribution is 2.38. The highest BCUT2D eigenvalue weighted by Gasteiger charge is 2.24. The number of Topliss-reactive ketones (excluding diaryl/α,β-unsaturated/α-hetero) is 1. The molecule has 2 aromatic carbocycles. The van der Waals surface area contributed by atoms with Gasteiger partial charge < -0.3 is 14.4 Å². The van der Waals surface area contributed by atoms with E-state index < -0.39 is 0 Å². The van der Waals surface area contributed by atoms with Crippen molar-refractivity contribution in [1.29, 1.82) is 0 Å². The van der Waals surface area contributed by atoms with Gasteiger partial charge in [-0.05, 0) is 52.2 Å². The van der Waals surface area contributed by atoms with Crippen LogP contribution in [-0.4, -0.2) is 43.9 Å². The molecule has 3 rings (SSSR count). The largest absolute Gasteiger partial charge is 0.490 e. The SMILES string of the molecule is CCOc1cc(/C=C2/Cc3ccccc3C2=O)cc(Br)c1OCC(=O)N(C)C. The fourth-order valence-electron chi connectivity index (χ4n) is 3.01. The lowest BCUT2D eigenvalue weighted by atomic mass is 10.1. The molecule has 0 N–H and O–H groups in total. The summed E-state index contributed by atoms with van der Waals surface area (Å²) in [6.07, 6.45) is 2.50. The standard InChI is InChI=1S/C22H22BrNO4/c1-4-27-19-11-14(10-18(23)22(19)28-13-20(25)24(2)3)9-16-12-15-7-5-6-8-17(15)21(16)26/h5-11H,4,12-13H2,1-3H3/b16-9-. The van der Waals surface area contributed by atoms with Crippen molar-refractivity contribution in [2.45, 2.75) is 13.3 Å². The summed E-state index contributed by atoms with van der Waals surface area (Å²) < 4.78 is 12.1. The first-order valence-corrected chi connectivity index (χ1v) is 9.82. The Morgan fingerprint density at radius 2 is 1.96 bits per heavy atom. The summed E-state index contributed by atoms with van der Waals surface area (Å²) in [5.74, 6) is 0.912. The molecule has 0 fully saturated rings. The number of halogens is 1. The van der Waals surface area contributed by atoms with E-state index in [1.54, 1.807) is 14.1 Å². The van der Waals surface area contributed by atoms with Gasteiger partial charge in [0.2, 0.25) is 0 Å². The van der Waals surface area contributed by atoms with Crippen LogP contribution in [0, 0.1) is 0 Å². The molecule has 0 bridgehead atoms. The third kappa shape index (κ3) is 4.28. The first-order chi connectivity index (χ1) is 13.4. The van der Waals surface area contributed by atoms with Crippen molar-refractivity contribution in [1.82, 2.24) is 4.90 Å². The Kier molecular flexibility index (Phi) is 6.19. The van der Waals surface area contributed by atoms with E-state index in [1.807, 2.05) is 49.4 Å². The van der Waals surface area contributed by atoms with E-state index in [-0.39, 0.29) is 18.3 Å². The molecule has 0 unspecified atom stereocenters. The first kappa shape index (κ1) is 20.1. The summed E-state index contributed by atoms with van der Waals surface area (Å²) >= 11 is 3.50. The molecule has 0 saturated carbocycles. The molecule has 28 heavy (non-hydrogen) atoms. The molecule has 1 amide bonds. The third-order valence-electron chi connectivity index (χ3n) is 4.45. The van der Waals surface area contributed by atoms with E-state index in [9.17, 15) is 9.59 Å². The van der Waals surface area contributed by atoms with Crippen molar-refractivity contribution >= 4 is 33.7 Å². The van der Waals surface area contributed by atoms with Crippen molar-refractivity contribution in [3.63, 3.8) is 0 Å². The van der Waals surface area contributed by atoms with Gasteiger partial charge >= 0.3 is 0 Å². The second-order valence-corrected chi connectivity index (χ2v) is 7.53. The van der Waals surface area contributed by atoms with Gasteiger partial charge in [0.1, 0.15) is 0 Å². The zero-order chi connectivity index (χ0) is 20.3. The maximum atomic E-state index is 12.6. The Morgan fingerprint density at radius 1 is 1.21 bits per heavy atom. The summed E-state index contributed by atoms with van der Waals surface area (Å²) in [5.41, 5.74) is 3.38. The minimum Gasteiger partial charge on any atom is -0.490 e. The minimum absolute atomic E-state index is 0.0570. The van der Waals surface area contributed by atoms with Crippen molar-refractivity contribution < 1.29 is 19.1 Å². The van der Waals surface area contributed by atoms with Crippen LogP contribution in [0.2, 0.25) is 0 Å². The summed E-state index contributed by atoms with van der Waals surface area (Å²) in [6, 6.07) is 11.4. The van der Waals surface area contributed by atoms with Gasteiger partial charge in [-0.1, -0.05) is 24.3 Å². The number of amides is 1. The van der Waals surface area contributed by atoms with Crippen LogP contribution in [0.4, 0.5) is 0 Å². The molecule has 146 valence electrons. The normalized spacial score (nSPS) is 14.1. The number of carbonyl (C=O) groups excluding carboxylic acids is 2. The van der Waals surface area contributed by atoms with Crippen molar-refractivity contribution in [2.24, 2.45) is 0 Å². The molecule has 2 aromatic rings. The Balaban J connectivity index is 1.89. The highest BCUT2D eigenvalue weighted by molar-refractivity contribution is 9.10. The molecule has 0 heterocycles. The van der Waals surface area contributed by atoms with Crippen molar-refractivity contribution in [3.05, 3.63) is 63.1 Å². The van der Waals surface area contributed by atoms with E-state index in [2.05, 4.69) is 15.9 Å². The number of hydrogen-bond donors (Lipinski definition) is 0. The van der Waals surface area contributed by atoms with E-state index in [0.717, 1.165) is 22.3 Å². The van der Waals surface area contributed by atoms with E-state index in [1.165, 1.54) is 4.90 Å². The van der Waals surface area contributed by atoms with Crippen molar-refractivity contribution in [3.8, 4) is 11.5 Å². The number of likely N-dealkylation sites (N-methyl/N-ethyl adjacent to an activating group) is 1. The quantitative estimate of drug-likeness (QED) is 0.629. The number of rotatable bonds is 6. The number of hydrogen-bond acceptors (Lipinski definition) is 4. The summed E-state index contributed by atoms with van der Waals surface area (Å²) in [4.78, 5) is 25.9. The molecular weight excluding hydrogens is 422 g/mol. The molecule has 0 aromatic heterocycles. The first-order valence-electron chi connectivity index (χ1n) is 9.03. The number of nitrogens with zero attached hydrogens (tertiary/aromatic N) is 1. The van der Waals surface area contributed by atoms with E-state index in [0.29, 0.717) is 29.0 Å². The van der Waals surface area contributed by atoms with E-state index >= 15 is 0 Å². The molecule has 0 radical (unpaired) electrons. The van der Waals surface area contributed by atoms with Gasteiger partial charge in [-0.2, -0.15) is 0 Å². The Bertz CT molecular complexity index is 950. The van der Waals surface area contributed by atoms with Crippen LogP contribution in [0.25, 0.3) is 6.08 Å². The predicted molar refractivity (Wildman–Crippen MR) is 112 cm³/mol. The van der Waals surface area contributed by atoms with Gasteiger partial charge in [0.05, 0.1) is 11.1 Å². The fourth-order valence-corrected chi connectivity index (χ4v) is 3.58. The highest BCUT2D eigenvalue weighted by atomic mass is 79.9. The van der Waals surface area contributed by atoms with Crippen LogP contribution in [-0.2, 0) is 11.2 Å². The third-order valence-corrected chi connectivity index (χ3v) is 5.03. The number of benzene rings is 2. The molecule has 1 aliphatic carbocycles. The van der Waals surface area contributed by atoms with Crippen LogP contribution >= 0.6 is 15.9 Å². The Labute approximate surface area is 173 Å². The zero-order valence-corrected chi connectivity index (χ0v) is 17.7. The van der Waals surface area contributed by atoms with Gasteiger partial charge in [-0.15, -0.1) is 0 Å². The number of fused-ring (bicyclic) bond motifs is 1. The molecule has 5 nitrogen and oxygen atoms in total. The Morgan fingerprint density at radius 3 is 2.64 bits per heavy atom. The van der Waals surface area contributed by atoms with E-state index in [4.69, 9.17) is 9.47 Å². The van der Waals surface area contributed by atoms with Crippen LogP contribution < -0.4 is 9.47 Å². The maximum absolute atomic E-state index is 12.6. The van der Waals surface area contributed by atoms with Gasteiger partial charge in [0.15, 0.2) is 23.9 Å². The van der Waals surface area contributed by atoms with Crippen LogP contribution in [0.1, 0.15) is 28.4 Å². The number of carbonyl (C=O) groups is 2. The molecular formula is C22H22BrNO4. The molecule has 0 spiro atoms. The average molecular weight is 444 g/mol. The lowest BCUT2D eigenvalue weighted by Crippen LogP contribution is -2.27. The van der Waals surface area contributed by atoms with Gasteiger partial charge in [-0.25, -0.2) is 0 Å². The monoisotopic (exact) mass is 443 g/mol. The fraction of sp³-hybridized carbons (Fsp3) is 0.273. The topological polar surface area (TPSA) is 55.8 Å². The number of ketones is 1. The van der Waals surface area contributed by atoms with Crippen molar-refractivity contribution in [2.75, 3.05) is 27.3 Å². The summed E-state index contributed by atoms with van der Waals surface area (Å²) in [7, 11) is 3.35. The molecule has 0 saturated heterocycles. The van der Waals surface area contributed by atoms with Gasteiger partial charge in [0, 0.05) is 31.7 Å². The number of ether oxygens (including phenoxy) is 2. The lowest BCUT2D eigenvalue weighted by molar-refractivity contribution is -0.130. The zero-order valence-electron chi connectivity index (χ0n) is 16.1. The van der Waals surface area contributed by atoms with Gasteiger partial charge in [0.25, 0.3) is 5.91 Å². The number of allylic oxidation sites excluding steroid dienone is 1. The molecule has 6 heteroatoms. The Hall–Kier alpha value is -2.60. The minimum atomic E-state index is -0.144. The second-order valence-electron chi connectivity index (χ2n) is 6.67. The molecule has 1 aliphatic rings. The van der Waals surface area contributed by atoms with Crippen LogP contribution in [0.3, 0.4) is 0 Å². The lowest BCUT2D eigenvalue weighted by Gasteiger charge is -2.16. The molecule has 0 aliphatic heterocycles. The van der Waals surface area contributed by atoms with Gasteiger partial charge in [-0.3, -0.25) is 9.59 Å². The van der Waals surface area contributed by atoms with Crippen LogP contribution in [0.15, 0.2) is 46.4 Å². The predicted octanol–water partition coefficient (Wildman–Crippen LogP) is 4.14.